The summed E-state index contributed by atoms with van der Waals surface area (Å²) in [5, 5.41) is 9.21. The third-order valence-corrected chi connectivity index (χ3v) is 3.55. The molecule has 0 unspecified atom stereocenters. The molecule has 1 aromatic heterocycles. The second-order valence-electron chi connectivity index (χ2n) is 4.90. The van der Waals surface area contributed by atoms with Crippen molar-refractivity contribution in [2.24, 2.45) is 0 Å². The van der Waals surface area contributed by atoms with Gasteiger partial charge in [-0.15, -0.1) is 0 Å². The van der Waals surface area contributed by atoms with E-state index < -0.39 is 0 Å². The van der Waals surface area contributed by atoms with Crippen molar-refractivity contribution in [3.8, 4) is 0 Å². The summed E-state index contributed by atoms with van der Waals surface area (Å²) in [7, 11) is 0. The van der Waals surface area contributed by atoms with E-state index in [0.717, 1.165) is 5.82 Å². The van der Waals surface area contributed by atoms with Gasteiger partial charge in [0.15, 0.2) is 0 Å². The van der Waals surface area contributed by atoms with Gasteiger partial charge in [0.1, 0.15) is 5.82 Å². The molecule has 0 atom stereocenters. The van der Waals surface area contributed by atoms with Crippen LogP contribution in [0.15, 0.2) is 18.3 Å². The fourth-order valence-corrected chi connectivity index (χ4v) is 2.61. The molecule has 0 aromatic carbocycles. The van der Waals surface area contributed by atoms with Crippen LogP contribution in [0.2, 0.25) is 0 Å². The Morgan fingerprint density at radius 3 is 2.65 bits per heavy atom. The largest absolute Gasteiger partial charge is 0.395 e. The van der Waals surface area contributed by atoms with Gasteiger partial charge < -0.3 is 10.0 Å². The summed E-state index contributed by atoms with van der Waals surface area (Å²) in [6, 6.07) is 4.72. The number of aliphatic hydroxyl groups excluding tert-OH is 1. The fraction of sp³-hybridized carbons (Fsp3) is 0.643. The van der Waals surface area contributed by atoms with E-state index >= 15 is 0 Å². The average Bonchev–Trinajstić information content (AvgIpc) is 2.38. The number of aliphatic hydroxyl groups is 1. The predicted octanol–water partition coefficient (Wildman–Crippen LogP) is 2.52. The second kappa shape index (κ2) is 6.01. The smallest absolute Gasteiger partial charge is 0.128 e. The molecule has 1 aliphatic rings. The van der Waals surface area contributed by atoms with Crippen molar-refractivity contribution in [1.29, 1.82) is 0 Å². The minimum atomic E-state index is 0.200. The molecule has 0 amide bonds. The molecule has 1 heterocycles. The van der Waals surface area contributed by atoms with E-state index in [9.17, 15) is 5.11 Å². The maximum Gasteiger partial charge on any atom is 0.128 e. The van der Waals surface area contributed by atoms with Crippen LogP contribution in [0, 0.1) is 6.92 Å². The number of aromatic nitrogens is 1. The molecule has 1 saturated carbocycles. The number of nitrogens with zero attached hydrogens (tertiary/aromatic N) is 2. The monoisotopic (exact) mass is 234 g/mol. The highest BCUT2D eigenvalue weighted by atomic mass is 16.3. The quantitative estimate of drug-likeness (QED) is 0.869. The lowest BCUT2D eigenvalue weighted by molar-refractivity contribution is 0.289. The van der Waals surface area contributed by atoms with E-state index in [1.165, 1.54) is 37.7 Å². The molecule has 1 aromatic rings. The molecule has 1 N–H and O–H groups in total. The summed E-state index contributed by atoms with van der Waals surface area (Å²) in [6.45, 7) is 2.94. The summed E-state index contributed by atoms with van der Waals surface area (Å²) < 4.78 is 0. The van der Waals surface area contributed by atoms with Gasteiger partial charge in [-0.3, -0.25) is 0 Å². The topological polar surface area (TPSA) is 36.4 Å². The molecule has 3 heteroatoms. The summed E-state index contributed by atoms with van der Waals surface area (Å²) in [5.41, 5.74) is 1.18. The van der Waals surface area contributed by atoms with Crippen LogP contribution in [-0.4, -0.2) is 29.3 Å². The molecule has 94 valence electrons. The van der Waals surface area contributed by atoms with E-state index in [-0.39, 0.29) is 6.61 Å². The summed E-state index contributed by atoms with van der Waals surface area (Å²) in [4.78, 5) is 6.76. The molecule has 0 saturated heterocycles. The van der Waals surface area contributed by atoms with Gasteiger partial charge in [-0.05, 0) is 31.4 Å². The third kappa shape index (κ3) is 3.19. The molecule has 0 radical (unpaired) electrons. The van der Waals surface area contributed by atoms with Crippen molar-refractivity contribution >= 4 is 5.82 Å². The van der Waals surface area contributed by atoms with Gasteiger partial charge >= 0.3 is 0 Å². The van der Waals surface area contributed by atoms with Crippen LogP contribution in [0.1, 0.15) is 37.7 Å². The van der Waals surface area contributed by atoms with Crippen molar-refractivity contribution in [1.82, 2.24) is 4.98 Å². The fourth-order valence-electron chi connectivity index (χ4n) is 2.61. The molecule has 1 aliphatic carbocycles. The third-order valence-electron chi connectivity index (χ3n) is 3.55. The number of anilines is 1. The molecule has 17 heavy (non-hydrogen) atoms. The van der Waals surface area contributed by atoms with Crippen molar-refractivity contribution in [2.75, 3.05) is 18.1 Å². The van der Waals surface area contributed by atoms with E-state index in [0.29, 0.717) is 12.6 Å². The van der Waals surface area contributed by atoms with Crippen molar-refractivity contribution in [3.05, 3.63) is 23.9 Å². The Balaban J connectivity index is 2.12. The maximum absolute atomic E-state index is 9.21. The Morgan fingerprint density at radius 2 is 2.06 bits per heavy atom. The van der Waals surface area contributed by atoms with E-state index in [2.05, 4.69) is 22.0 Å². The van der Waals surface area contributed by atoms with Gasteiger partial charge in [-0.1, -0.05) is 25.3 Å². The normalized spacial score (nSPS) is 17.1. The van der Waals surface area contributed by atoms with Crippen LogP contribution in [0.3, 0.4) is 0 Å². The molecule has 1 fully saturated rings. The second-order valence-corrected chi connectivity index (χ2v) is 4.90. The standard InChI is InChI=1S/C14H22N2O/c1-12-7-8-14(15-11-12)16(9-10-17)13-5-3-2-4-6-13/h7-8,11,13,17H,2-6,9-10H2,1H3. The van der Waals surface area contributed by atoms with E-state index in [4.69, 9.17) is 0 Å². The number of hydrogen-bond acceptors (Lipinski definition) is 3. The van der Waals surface area contributed by atoms with Crippen molar-refractivity contribution < 1.29 is 5.11 Å². The first kappa shape index (κ1) is 12.4. The summed E-state index contributed by atoms with van der Waals surface area (Å²) >= 11 is 0. The first-order valence-electron chi connectivity index (χ1n) is 6.61. The summed E-state index contributed by atoms with van der Waals surface area (Å²) in [6.07, 6.45) is 8.33. The lowest BCUT2D eigenvalue weighted by Crippen LogP contribution is -2.39. The van der Waals surface area contributed by atoms with Crippen LogP contribution in [-0.2, 0) is 0 Å². The van der Waals surface area contributed by atoms with Gasteiger partial charge in [0.2, 0.25) is 0 Å². The Kier molecular flexibility index (Phi) is 4.37. The van der Waals surface area contributed by atoms with Crippen molar-refractivity contribution in [3.63, 3.8) is 0 Å². The minimum absolute atomic E-state index is 0.200. The zero-order valence-electron chi connectivity index (χ0n) is 10.6. The first-order valence-corrected chi connectivity index (χ1v) is 6.61. The van der Waals surface area contributed by atoms with E-state index in [1.54, 1.807) is 0 Å². The Morgan fingerprint density at radius 1 is 1.29 bits per heavy atom. The number of aryl methyl sites for hydroxylation is 1. The molecular weight excluding hydrogens is 212 g/mol. The van der Waals surface area contributed by atoms with Crippen LogP contribution >= 0.6 is 0 Å². The van der Waals surface area contributed by atoms with Gasteiger partial charge in [-0.25, -0.2) is 4.98 Å². The highest BCUT2D eigenvalue weighted by molar-refractivity contribution is 5.40. The van der Waals surface area contributed by atoms with Gasteiger partial charge in [0.05, 0.1) is 6.61 Å². The molecular formula is C14H22N2O. The number of rotatable bonds is 4. The average molecular weight is 234 g/mol. The van der Waals surface area contributed by atoms with Crippen LogP contribution in [0.5, 0.6) is 0 Å². The highest BCUT2D eigenvalue weighted by Gasteiger charge is 2.21. The van der Waals surface area contributed by atoms with Gasteiger partial charge in [-0.2, -0.15) is 0 Å². The predicted molar refractivity (Wildman–Crippen MR) is 70.3 cm³/mol. The number of pyridine rings is 1. The Labute approximate surface area is 103 Å². The number of hydrogen-bond donors (Lipinski definition) is 1. The molecule has 0 spiro atoms. The zero-order chi connectivity index (χ0) is 12.1. The zero-order valence-corrected chi connectivity index (χ0v) is 10.6. The lowest BCUT2D eigenvalue weighted by Gasteiger charge is -2.34. The van der Waals surface area contributed by atoms with Crippen LogP contribution in [0.25, 0.3) is 0 Å². The van der Waals surface area contributed by atoms with Gasteiger partial charge in [0.25, 0.3) is 0 Å². The van der Waals surface area contributed by atoms with Gasteiger partial charge in [0, 0.05) is 18.8 Å². The molecule has 2 rings (SSSR count). The van der Waals surface area contributed by atoms with Crippen LogP contribution < -0.4 is 4.90 Å². The Hall–Kier alpha value is -1.09. The molecule has 0 aliphatic heterocycles. The van der Waals surface area contributed by atoms with E-state index in [1.807, 2.05) is 13.1 Å². The minimum Gasteiger partial charge on any atom is -0.395 e. The lowest BCUT2D eigenvalue weighted by atomic mass is 9.94. The molecule has 0 bridgehead atoms. The van der Waals surface area contributed by atoms with Crippen molar-refractivity contribution in [2.45, 2.75) is 45.1 Å². The maximum atomic E-state index is 9.21. The highest BCUT2D eigenvalue weighted by Crippen LogP contribution is 2.25. The first-order chi connectivity index (χ1) is 8.31. The molecule has 3 nitrogen and oxygen atoms in total. The van der Waals surface area contributed by atoms with Crippen LogP contribution in [0.4, 0.5) is 5.82 Å². The SMILES string of the molecule is Cc1ccc(N(CCO)C2CCCCC2)nc1. The summed E-state index contributed by atoms with van der Waals surface area (Å²) in [5.74, 6) is 1.01. The Bertz CT molecular complexity index is 331.